The molecule has 0 amide bonds. The maximum absolute atomic E-state index is 4.46. The Bertz CT molecular complexity index is 336. The number of pyridine rings is 1. The van der Waals surface area contributed by atoms with Crippen LogP contribution in [0.4, 0.5) is 5.82 Å². The normalized spacial score (nSPS) is 21.1. The molecule has 0 saturated carbocycles. The summed E-state index contributed by atoms with van der Waals surface area (Å²) in [5, 5.41) is 3.53. The summed E-state index contributed by atoms with van der Waals surface area (Å²) in [6, 6.07) is 4.85. The molecular weight excluding hydrogens is 198 g/mol. The van der Waals surface area contributed by atoms with Crippen LogP contribution < -0.4 is 10.2 Å². The lowest BCUT2D eigenvalue weighted by Gasteiger charge is -2.34. The van der Waals surface area contributed by atoms with Gasteiger partial charge in [-0.15, -0.1) is 0 Å². The maximum Gasteiger partial charge on any atom is 0.128 e. The minimum Gasteiger partial charge on any atom is -0.355 e. The van der Waals surface area contributed by atoms with Crippen molar-refractivity contribution in [2.45, 2.75) is 32.7 Å². The zero-order valence-electron chi connectivity index (χ0n) is 10.2. The van der Waals surface area contributed by atoms with Gasteiger partial charge in [0.25, 0.3) is 0 Å². The van der Waals surface area contributed by atoms with E-state index in [4.69, 9.17) is 0 Å². The van der Waals surface area contributed by atoms with E-state index in [1.165, 1.54) is 18.4 Å². The molecule has 1 aromatic heterocycles. The van der Waals surface area contributed by atoms with Crippen molar-refractivity contribution >= 4 is 5.82 Å². The first kappa shape index (κ1) is 11.4. The fourth-order valence-electron chi connectivity index (χ4n) is 2.33. The zero-order chi connectivity index (χ0) is 11.4. The second kappa shape index (κ2) is 5.30. The van der Waals surface area contributed by atoms with Crippen LogP contribution in [-0.2, 0) is 0 Å². The smallest absolute Gasteiger partial charge is 0.128 e. The molecule has 2 rings (SSSR count). The summed E-state index contributed by atoms with van der Waals surface area (Å²) in [7, 11) is 0. The third kappa shape index (κ3) is 2.73. The third-order valence-electron chi connectivity index (χ3n) is 3.14. The Kier molecular flexibility index (Phi) is 3.78. The fraction of sp³-hybridized carbons (Fsp3) is 0.615. The molecule has 1 aliphatic rings. The molecule has 16 heavy (non-hydrogen) atoms. The van der Waals surface area contributed by atoms with Crippen LogP contribution in [0.3, 0.4) is 0 Å². The highest BCUT2D eigenvalue weighted by molar-refractivity contribution is 5.41. The molecule has 1 atom stereocenters. The van der Waals surface area contributed by atoms with E-state index in [0.29, 0.717) is 6.04 Å². The Morgan fingerprint density at radius 3 is 3.19 bits per heavy atom. The van der Waals surface area contributed by atoms with Gasteiger partial charge < -0.3 is 10.2 Å². The van der Waals surface area contributed by atoms with Gasteiger partial charge in [0.15, 0.2) is 0 Å². The molecule has 1 aromatic rings. The van der Waals surface area contributed by atoms with Crippen molar-refractivity contribution in [2.24, 2.45) is 0 Å². The van der Waals surface area contributed by atoms with Crippen LogP contribution in [0.25, 0.3) is 0 Å². The molecule has 0 spiro atoms. The molecule has 1 N–H and O–H groups in total. The van der Waals surface area contributed by atoms with E-state index >= 15 is 0 Å². The van der Waals surface area contributed by atoms with E-state index in [9.17, 15) is 0 Å². The first-order chi connectivity index (χ1) is 7.79. The Morgan fingerprint density at radius 2 is 2.44 bits per heavy atom. The third-order valence-corrected chi connectivity index (χ3v) is 3.14. The molecule has 1 aliphatic heterocycles. The average Bonchev–Trinajstić information content (AvgIpc) is 2.30. The number of aryl methyl sites for hydroxylation is 1. The number of likely N-dealkylation sites (N-methyl/N-ethyl adjacent to an activating group) is 1. The van der Waals surface area contributed by atoms with Crippen molar-refractivity contribution in [2.75, 3.05) is 24.5 Å². The first-order valence-electron chi connectivity index (χ1n) is 6.20. The summed E-state index contributed by atoms with van der Waals surface area (Å²) < 4.78 is 0. The number of piperidine rings is 1. The van der Waals surface area contributed by atoms with E-state index in [0.717, 1.165) is 25.5 Å². The zero-order valence-corrected chi connectivity index (χ0v) is 10.2. The predicted molar refractivity (Wildman–Crippen MR) is 67.9 cm³/mol. The molecule has 1 fully saturated rings. The number of nitrogens with zero attached hydrogens (tertiary/aromatic N) is 2. The maximum atomic E-state index is 4.46. The van der Waals surface area contributed by atoms with Crippen molar-refractivity contribution < 1.29 is 0 Å². The molecule has 0 aliphatic carbocycles. The SMILES string of the molecule is CCNC1CCCN(c2cc(C)ccn2)C1. The van der Waals surface area contributed by atoms with Gasteiger partial charge >= 0.3 is 0 Å². The Hall–Kier alpha value is -1.09. The van der Waals surface area contributed by atoms with Crippen molar-refractivity contribution in [3.05, 3.63) is 23.9 Å². The summed E-state index contributed by atoms with van der Waals surface area (Å²) in [5.74, 6) is 1.13. The minimum absolute atomic E-state index is 0.626. The lowest BCUT2D eigenvalue weighted by atomic mass is 10.1. The summed E-state index contributed by atoms with van der Waals surface area (Å²) in [6.45, 7) is 7.57. The topological polar surface area (TPSA) is 28.2 Å². The molecule has 2 heterocycles. The van der Waals surface area contributed by atoms with Crippen LogP contribution in [0.1, 0.15) is 25.3 Å². The number of aromatic nitrogens is 1. The fourth-order valence-corrected chi connectivity index (χ4v) is 2.33. The molecule has 0 bridgehead atoms. The van der Waals surface area contributed by atoms with Crippen LogP contribution in [0.5, 0.6) is 0 Å². The summed E-state index contributed by atoms with van der Waals surface area (Å²) in [4.78, 5) is 6.85. The lowest BCUT2D eigenvalue weighted by molar-refractivity contribution is 0.429. The molecule has 0 radical (unpaired) electrons. The second-order valence-corrected chi connectivity index (χ2v) is 4.53. The van der Waals surface area contributed by atoms with E-state index < -0.39 is 0 Å². The molecule has 1 unspecified atom stereocenters. The van der Waals surface area contributed by atoms with E-state index in [-0.39, 0.29) is 0 Å². The average molecular weight is 219 g/mol. The highest BCUT2D eigenvalue weighted by atomic mass is 15.2. The number of anilines is 1. The number of hydrogen-bond donors (Lipinski definition) is 1. The Balaban J connectivity index is 2.03. The van der Waals surface area contributed by atoms with Crippen molar-refractivity contribution in [3.63, 3.8) is 0 Å². The van der Waals surface area contributed by atoms with Crippen LogP contribution in [-0.4, -0.2) is 30.7 Å². The van der Waals surface area contributed by atoms with Gasteiger partial charge in [-0.2, -0.15) is 0 Å². The van der Waals surface area contributed by atoms with Gasteiger partial charge in [-0.1, -0.05) is 6.92 Å². The van der Waals surface area contributed by atoms with E-state index in [2.05, 4.69) is 41.2 Å². The minimum atomic E-state index is 0.626. The van der Waals surface area contributed by atoms with Gasteiger partial charge in [0.1, 0.15) is 5.82 Å². The van der Waals surface area contributed by atoms with Crippen molar-refractivity contribution in [3.8, 4) is 0 Å². The summed E-state index contributed by atoms with van der Waals surface area (Å²) >= 11 is 0. The first-order valence-corrected chi connectivity index (χ1v) is 6.20. The monoisotopic (exact) mass is 219 g/mol. The van der Waals surface area contributed by atoms with Gasteiger partial charge in [-0.3, -0.25) is 0 Å². The predicted octanol–water partition coefficient (Wildman–Crippen LogP) is 1.97. The molecule has 1 saturated heterocycles. The molecule has 0 aromatic carbocycles. The van der Waals surface area contributed by atoms with Gasteiger partial charge in [0.05, 0.1) is 0 Å². The van der Waals surface area contributed by atoms with Gasteiger partial charge in [-0.25, -0.2) is 4.98 Å². The quantitative estimate of drug-likeness (QED) is 0.842. The van der Waals surface area contributed by atoms with E-state index in [1.807, 2.05) is 6.20 Å². The second-order valence-electron chi connectivity index (χ2n) is 4.53. The molecule has 3 heteroatoms. The Morgan fingerprint density at radius 1 is 1.56 bits per heavy atom. The van der Waals surface area contributed by atoms with E-state index in [1.54, 1.807) is 0 Å². The van der Waals surface area contributed by atoms with Crippen LogP contribution in [0.2, 0.25) is 0 Å². The van der Waals surface area contributed by atoms with Gasteiger partial charge in [-0.05, 0) is 44.0 Å². The lowest BCUT2D eigenvalue weighted by Crippen LogP contribution is -2.46. The van der Waals surface area contributed by atoms with Gasteiger partial charge in [0, 0.05) is 25.3 Å². The molecule has 88 valence electrons. The van der Waals surface area contributed by atoms with Crippen molar-refractivity contribution in [1.29, 1.82) is 0 Å². The number of rotatable bonds is 3. The van der Waals surface area contributed by atoms with Crippen LogP contribution in [0, 0.1) is 6.92 Å². The molecule has 3 nitrogen and oxygen atoms in total. The Labute approximate surface area is 97.9 Å². The molecular formula is C13H21N3. The van der Waals surface area contributed by atoms with Crippen molar-refractivity contribution in [1.82, 2.24) is 10.3 Å². The highest BCUT2D eigenvalue weighted by Gasteiger charge is 2.19. The van der Waals surface area contributed by atoms with Gasteiger partial charge in [0.2, 0.25) is 0 Å². The number of hydrogen-bond acceptors (Lipinski definition) is 3. The number of nitrogens with one attached hydrogen (secondary N) is 1. The summed E-state index contributed by atoms with van der Waals surface area (Å²) in [6.07, 6.45) is 4.45. The summed E-state index contributed by atoms with van der Waals surface area (Å²) in [5.41, 5.74) is 1.29. The largest absolute Gasteiger partial charge is 0.355 e. The van der Waals surface area contributed by atoms with Crippen LogP contribution in [0.15, 0.2) is 18.3 Å². The highest BCUT2D eigenvalue weighted by Crippen LogP contribution is 2.18. The van der Waals surface area contributed by atoms with Crippen LogP contribution >= 0.6 is 0 Å². The standard InChI is InChI=1S/C13H21N3/c1-3-14-12-5-4-8-16(10-12)13-9-11(2)6-7-15-13/h6-7,9,12,14H,3-5,8,10H2,1-2H3.